The Kier molecular flexibility index (Phi) is 2.96. The van der Waals surface area contributed by atoms with E-state index in [2.05, 4.69) is 5.38 Å². The van der Waals surface area contributed by atoms with Gasteiger partial charge in [0.05, 0.1) is 0 Å². The van der Waals surface area contributed by atoms with Crippen LogP contribution in [-0.2, 0) is 10.5 Å². The summed E-state index contributed by atoms with van der Waals surface area (Å²) in [7, 11) is 0. The van der Waals surface area contributed by atoms with Crippen LogP contribution in [0.2, 0.25) is 0 Å². The zero-order valence-corrected chi connectivity index (χ0v) is 7.30. The monoisotopic (exact) mass is 172 g/mol. The van der Waals surface area contributed by atoms with Gasteiger partial charge in [0.15, 0.2) is 5.12 Å². The average Bonchev–Trinajstić information content (AvgIpc) is 2.34. The van der Waals surface area contributed by atoms with Gasteiger partial charge in [0.2, 0.25) is 0 Å². The SMILES string of the molecule is CC(=O)SCc1ccsc1. The molecule has 1 nitrogen and oxygen atoms in total. The number of thioether (sulfide) groups is 1. The average molecular weight is 172 g/mol. The first kappa shape index (κ1) is 7.82. The Morgan fingerprint density at radius 1 is 1.80 bits per heavy atom. The standard InChI is InChI=1S/C7H8OS2/c1-6(8)10-5-7-2-3-9-4-7/h2-4H,5H2,1H3. The molecule has 0 radical (unpaired) electrons. The molecule has 0 unspecified atom stereocenters. The van der Waals surface area contributed by atoms with Crippen molar-refractivity contribution in [3.63, 3.8) is 0 Å². The molecule has 0 atom stereocenters. The molecule has 0 amide bonds. The van der Waals surface area contributed by atoms with Crippen molar-refractivity contribution in [2.24, 2.45) is 0 Å². The van der Waals surface area contributed by atoms with Gasteiger partial charge in [-0.25, -0.2) is 0 Å². The molecule has 0 aliphatic carbocycles. The summed E-state index contributed by atoms with van der Waals surface area (Å²) in [5.41, 5.74) is 1.24. The highest BCUT2D eigenvalue weighted by Crippen LogP contribution is 2.14. The van der Waals surface area contributed by atoms with Gasteiger partial charge in [-0.05, 0) is 22.4 Å². The molecule has 54 valence electrons. The van der Waals surface area contributed by atoms with Crippen LogP contribution in [0.4, 0.5) is 0 Å². The molecule has 0 fully saturated rings. The predicted molar refractivity (Wildman–Crippen MR) is 46.3 cm³/mol. The molecule has 10 heavy (non-hydrogen) atoms. The van der Waals surface area contributed by atoms with E-state index in [1.54, 1.807) is 18.3 Å². The van der Waals surface area contributed by atoms with Crippen LogP contribution in [0.25, 0.3) is 0 Å². The van der Waals surface area contributed by atoms with Crippen LogP contribution < -0.4 is 0 Å². The van der Waals surface area contributed by atoms with Gasteiger partial charge in [0, 0.05) is 12.7 Å². The Bertz CT molecular complexity index is 203. The number of rotatable bonds is 2. The van der Waals surface area contributed by atoms with Crippen LogP contribution in [0, 0.1) is 0 Å². The topological polar surface area (TPSA) is 17.1 Å². The molecule has 1 heterocycles. The number of carbonyl (C=O) groups is 1. The summed E-state index contributed by atoms with van der Waals surface area (Å²) in [6.45, 7) is 1.59. The summed E-state index contributed by atoms with van der Waals surface area (Å²) in [4.78, 5) is 10.5. The van der Waals surface area contributed by atoms with Crippen molar-refractivity contribution in [2.45, 2.75) is 12.7 Å². The molecule has 1 aromatic rings. The van der Waals surface area contributed by atoms with Crippen molar-refractivity contribution in [1.29, 1.82) is 0 Å². The van der Waals surface area contributed by atoms with Crippen molar-refractivity contribution < 1.29 is 4.79 Å². The number of hydrogen-bond donors (Lipinski definition) is 0. The third-order valence-corrected chi connectivity index (χ3v) is 2.64. The third-order valence-electron chi connectivity index (χ3n) is 1.02. The van der Waals surface area contributed by atoms with E-state index in [0.29, 0.717) is 0 Å². The second-order valence-corrected chi connectivity index (χ2v) is 3.84. The van der Waals surface area contributed by atoms with Gasteiger partial charge in [0.25, 0.3) is 0 Å². The summed E-state index contributed by atoms with van der Waals surface area (Å²) in [5.74, 6) is 0.818. The molecule has 3 heteroatoms. The van der Waals surface area contributed by atoms with Crippen LogP contribution in [0.1, 0.15) is 12.5 Å². The summed E-state index contributed by atoms with van der Waals surface area (Å²) >= 11 is 3.02. The van der Waals surface area contributed by atoms with Gasteiger partial charge in [-0.1, -0.05) is 11.8 Å². The number of thiophene rings is 1. The molecule has 0 aliphatic rings. The van der Waals surface area contributed by atoms with Gasteiger partial charge in [-0.3, -0.25) is 4.79 Å². The fourth-order valence-corrected chi connectivity index (χ4v) is 1.88. The lowest BCUT2D eigenvalue weighted by Crippen LogP contribution is -1.81. The van der Waals surface area contributed by atoms with E-state index < -0.39 is 0 Å². The van der Waals surface area contributed by atoms with Crippen molar-refractivity contribution in [3.8, 4) is 0 Å². The molecule has 1 rings (SSSR count). The first-order valence-corrected chi connectivity index (χ1v) is 4.86. The highest BCUT2D eigenvalue weighted by molar-refractivity contribution is 8.12. The van der Waals surface area contributed by atoms with E-state index >= 15 is 0 Å². The Hall–Kier alpha value is -0.280. The molecule has 0 bridgehead atoms. The molecule has 0 aromatic carbocycles. The van der Waals surface area contributed by atoms with Crippen LogP contribution in [0.15, 0.2) is 16.8 Å². The summed E-state index contributed by atoms with van der Waals surface area (Å²) in [6, 6.07) is 2.04. The zero-order chi connectivity index (χ0) is 7.40. The first-order chi connectivity index (χ1) is 4.79. The highest BCUT2D eigenvalue weighted by Gasteiger charge is 1.95. The second kappa shape index (κ2) is 3.78. The van der Waals surface area contributed by atoms with E-state index in [4.69, 9.17) is 0 Å². The van der Waals surface area contributed by atoms with Gasteiger partial charge >= 0.3 is 0 Å². The minimum absolute atomic E-state index is 0.186. The lowest BCUT2D eigenvalue weighted by molar-refractivity contribution is -0.109. The fraction of sp³-hybridized carbons (Fsp3) is 0.286. The third kappa shape index (κ3) is 2.54. The Labute approximate surface area is 68.5 Å². The molecule has 0 spiro atoms. The fourth-order valence-electron chi connectivity index (χ4n) is 0.560. The molecular weight excluding hydrogens is 164 g/mol. The smallest absolute Gasteiger partial charge is 0.186 e. The van der Waals surface area contributed by atoms with E-state index in [1.807, 2.05) is 11.4 Å². The Balaban J connectivity index is 2.35. The van der Waals surface area contributed by atoms with Crippen LogP contribution >= 0.6 is 23.1 Å². The Morgan fingerprint density at radius 3 is 3.10 bits per heavy atom. The number of hydrogen-bond acceptors (Lipinski definition) is 3. The van der Waals surface area contributed by atoms with E-state index in [9.17, 15) is 4.79 Å². The van der Waals surface area contributed by atoms with Crippen molar-refractivity contribution in [3.05, 3.63) is 22.4 Å². The summed E-state index contributed by atoms with van der Waals surface area (Å²) in [5, 5.41) is 4.28. The lowest BCUT2D eigenvalue weighted by atomic mass is 10.4. The van der Waals surface area contributed by atoms with Crippen molar-refractivity contribution in [2.75, 3.05) is 0 Å². The first-order valence-electron chi connectivity index (χ1n) is 2.93. The van der Waals surface area contributed by atoms with E-state index in [0.717, 1.165) is 5.75 Å². The molecule has 0 saturated heterocycles. The molecule has 0 aliphatic heterocycles. The molecule has 1 aromatic heterocycles. The van der Waals surface area contributed by atoms with E-state index in [1.165, 1.54) is 17.3 Å². The van der Waals surface area contributed by atoms with E-state index in [-0.39, 0.29) is 5.12 Å². The van der Waals surface area contributed by atoms with Crippen molar-refractivity contribution >= 4 is 28.2 Å². The predicted octanol–water partition coefficient (Wildman–Crippen LogP) is 2.53. The van der Waals surface area contributed by atoms with Crippen LogP contribution in [0.5, 0.6) is 0 Å². The van der Waals surface area contributed by atoms with Crippen molar-refractivity contribution in [1.82, 2.24) is 0 Å². The summed E-state index contributed by atoms with van der Waals surface area (Å²) < 4.78 is 0. The van der Waals surface area contributed by atoms with Gasteiger partial charge in [0.1, 0.15) is 0 Å². The molecular formula is C7H8OS2. The number of carbonyl (C=O) groups excluding carboxylic acids is 1. The zero-order valence-electron chi connectivity index (χ0n) is 5.66. The minimum Gasteiger partial charge on any atom is -0.288 e. The normalized spacial score (nSPS) is 9.70. The quantitative estimate of drug-likeness (QED) is 0.682. The molecule has 0 saturated carbocycles. The Morgan fingerprint density at radius 2 is 2.60 bits per heavy atom. The van der Waals surface area contributed by atoms with Gasteiger partial charge in [-0.15, -0.1) is 0 Å². The van der Waals surface area contributed by atoms with Gasteiger partial charge < -0.3 is 0 Å². The van der Waals surface area contributed by atoms with Crippen LogP contribution in [0.3, 0.4) is 0 Å². The van der Waals surface area contributed by atoms with Gasteiger partial charge in [-0.2, -0.15) is 11.3 Å². The van der Waals surface area contributed by atoms with Crippen LogP contribution in [-0.4, -0.2) is 5.12 Å². The lowest BCUT2D eigenvalue weighted by Gasteiger charge is -1.90. The second-order valence-electron chi connectivity index (χ2n) is 1.91. The highest BCUT2D eigenvalue weighted by atomic mass is 32.2. The molecule has 0 N–H and O–H groups in total. The maximum atomic E-state index is 10.5. The maximum absolute atomic E-state index is 10.5. The minimum atomic E-state index is 0.186. The largest absolute Gasteiger partial charge is 0.288 e. The maximum Gasteiger partial charge on any atom is 0.186 e. The summed E-state index contributed by atoms with van der Waals surface area (Å²) in [6.07, 6.45) is 0.